The number of aliphatic hydroxyl groups is 2. The van der Waals surface area contributed by atoms with Crippen molar-refractivity contribution < 1.29 is 28.9 Å². The van der Waals surface area contributed by atoms with Crippen LogP contribution in [0.15, 0.2) is 46.9 Å². The maximum absolute atomic E-state index is 15.4. The summed E-state index contributed by atoms with van der Waals surface area (Å²) >= 11 is 15.8. The first-order valence-corrected chi connectivity index (χ1v) is 13.8. The highest BCUT2D eigenvalue weighted by Gasteiger charge is 2.20. The van der Waals surface area contributed by atoms with Crippen LogP contribution in [0.3, 0.4) is 0 Å². The summed E-state index contributed by atoms with van der Waals surface area (Å²) in [6.45, 7) is 0.731. The van der Waals surface area contributed by atoms with Gasteiger partial charge in [0.15, 0.2) is 11.6 Å². The van der Waals surface area contributed by atoms with Crippen LogP contribution in [0.2, 0.25) is 10.0 Å². The van der Waals surface area contributed by atoms with Crippen molar-refractivity contribution in [3.05, 3.63) is 85.1 Å². The monoisotopic (exact) mass is 666 g/mol. The quantitative estimate of drug-likeness (QED) is 0.207. The van der Waals surface area contributed by atoms with Crippen LogP contribution in [0.4, 0.5) is 10.1 Å². The van der Waals surface area contributed by atoms with Crippen molar-refractivity contribution in [1.29, 1.82) is 5.26 Å². The van der Waals surface area contributed by atoms with Gasteiger partial charge in [-0.25, -0.2) is 4.39 Å². The number of hydrogen-bond acceptors (Lipinski definition) is 7. The fourth-order valence-electron chi connectivity index (χ4n) is 4.06. The number of carbonyl (C=O) groups is 2. The summed E-state index contributed by atoms with van der Waals surface area (Å²) in [4.78, 5) is 26.8. The molecule has 0 aromatic heterocycles. The highest BCUT2D eigenvalue weighted by Crippen LogP contribution is 2.36. The molecule has 3 aromatic carbocycles. The van der Waals surface area contributed by atoms with Gasteiger partial charge in [0.25, 0.3) is 0 Å². The van der Waals surface area contributed by atoms with Crippen molar-refractivity contribution in [2.45, 2.75) is 12.8 Å². The molecule has 41 heavy (non-hydrogen) atoms. The number of nitriles is 1. The van der Waals surface area contributed by atoms with E-state index in [1.165, 1.54) is 42.5 Å². The molecule has 216 valence electrons. The molecule has 0 heterocycles. The summed E-state index contributed by atoms with van der Waals surface area (Å²) in [6, 6.07) is 12.0. The molecule has 0 bridgehead atoms. The Balaban J connectivity index is 1.82. The Kier molecular flexibility index (Phi) is 11.9. The number of anilines is 1. The number of nitrogens with one attached hydrogen (secondary N) is 1. The first-order valence-electron chi connectivity index (χ1n) is 12.3. The van der Waals surface area contributed by atoms with Gasteiger partial charge < -0.3 is 26.0 Å². The number of nitrogens with zero attached hydrogens (tertiary/aromatic N) is 2. The Morgan fingerprint density at radius 3 is 2.44 bits per heavy atom. The van der Waals surface area contributed by atoms with Gasteiger partial charge in [0.05, 0.1) is 46.4 Å². The Morgan fingerprint density at radius 1 is 1.10 bits per heavy atom. The summed E-state index contributed by atoms with van der Waals surface area (Å²) in [6.07, 6.45) is -0.127. The zero-order valence-electron chi connectivity index (χ0n) is 21.6. The number of ether oxygens (including phenoxy) is 1. The molecule has 0 aliphatic rings. The molecule has 0 saturated carbocycles. The van der Waals surface area contributed by atoms with Crippen LogP contribution in [-0.4, -0.2) is 59.8 Å². The molecule has 0 aliphatic heterocycles. The molecular formula is C28H26BrCl2FN4O5. The molecule has 0 fully saturated rings. The molecular weight excluding hydrogens is 642 g/mol. The smallest absolute Gasteiger partial charge is 0.249 e. The molecule has 5 N–H and O–H groups in total. The van der Waals surface area contributed by atoms with Crippen LogP contribution in [0.25, 0.3) is 0 Å². The van der Waals surface area contributed by atoms with E-state index in [0.29, 0.717) is 25.2 Å². The van der Waals surface area contributed by atoms with E-state index in [2.05, 4.69) is 21.2 Å². The molecule has 0 atom stereocenters. The first-order chi connectivity index (χ1) is 19.6. The normalized spacial score (nSPS) is 10.9. The Bertz CT molecular complexity index is 1480. The van der Waals surface area contributed by atoms with E-state index in [4.69, 9.17) is 38.9 Å². The number of halogens is 4. The number of hydrogen-bond donors (Lipinski definition) is 4. The predicted molar refractivity (Wildman–Crippen MR) is 157 cm³/mol. The summed E-state index contributed by atoms with van der Waals surface area (Å²) in [5.74, 6) is -2.14. The topological polar surface area (TPSA) is 149 Å². The minimum Gasteiger partial charge on any atom is -0.453 e. The van der Waals surface area contributed by atoms with Crippen molar-refractivity contribution in [1.82, 2.24) is 4.90 Å². The van der Waals surface area contributed by atoms with Crippen molar-refractivity contribution >= 4 is 56.6 Å². The summed E-state index contributed by atoms with van der Waals surface area (Å²) in [7, 11) is 0. The zero-order valence-corrected chi connectivity index (χ0v) is 24.7. The molecule has 3 rings (SSSR count). The lowest BCUT2D eigenvalue weighted by molar-refractivity contribution is -0.115. The average molecular weight is 668 g/mol. The van der Waals surface area contributed by atoms with Gasteiger partial charge in [-0.15, -0.1) is 0 Å². The number of rotatable bonds is 13. The van der Waals surface area contributed by atoms with Crippen LogP contribution in [0.5, 0.6) is 11.5 Å². The van der Waals surface area contributed by atoms with Gasteiger partial charge in [0.1, 0.15) is 5.75 Å². The first kappa shape index (κ1) is 32.3. The van der Waals surface area contributed by atoms with Crippen LogP contribution in [-0.2, 0) is 17.6 Å². The number of primary amides is 1. The van der Waals surface area contributed by atoms with Gasteiger partial charge in [-0.05, 0) is 64.3 Å². The van der Waals surface area contributed by atoms with Gasteiger partial charge in [-0.3, -0.25) is 14.5 Å². The third-order valence-electron chi connectivity index (χ3n) is 5.99. The second-order valence-electron chi connectivity index (χ2n) is 8.82. The van der Waals surface area contributed by atoms with Crippen molar-refractivity contribution in [2.75, 3.05) is 38.2 Å². The van der Waals surface area contributed by atoms with Crippen LogP contribution < -0.4 is 15.8 Å². The largest absolute Gasteiger partial charge is 0.453 e. The van der Waals surface area contributed by atoms with E-state index in [0.717, 1.165) is 0 Å². The number of aliphatic hydroxyl groups excluding tert-OH is 2. The van der Waals surface area contributed by atoms with E-state index in [1.807, 2.05) is 6.07 Å². The van der Waals surface area contributed by atoms with Crippen molar-refractivity contribution in [3.63, 3.8) is 0 Å². The van der Waals surface area contributed by atoms with E-state index in [1.54, 1.807) is 4.90 Å². The summed E-state index contributed by atoms with van der Waals surface area (Å²) in [5.41, 5.74) is 6.54. The molecule has 0 saturated heterocycles. The lowest BCUT2D eigenvalue weighted by Crippen LogP contribution is -2.32. The molecule has 13 heteroatoms. The fourth-order valence-corrected chi connectivity index (χ4v) is 4.97. The van der Waals surface area contributed by atoms with Gasteiger partial charge in [0, 0.05) is 35.8 Å². The maximum atomic E-state index is 15.4. The lowest BCUT2D eigenvalue weighted by atomic mass is 10.0. The molecule has 0 radical (unpaired) electrons. The number of nitrogens with two attached hydrogens (primary N) is 1. The predicted octanol–water partition coefficient (Wildman–Crippen LogP) is 4.67. The van der Waals surface area contributed by atoms with Crippen molar-refractivity contribution in [3.8, 4) is 17.6 Å². The second kappa shape index (κ2) is 15.1. The Labute approximate surface area is 254 Å². The molecule has 3 aromatic rings. The highest BCUT2D eigenvalue weighted by atomic mass is 79.9. The SMILES string of the molecule is N#Cc1cc(Cl)cc(Oc2c(Br)ccc(CC(=O)Nc3ccc(C(N)=O)c(CCN(CCO)CCO)c3Cl)c2F)c1. The van der Waals surface area contributed by atoms with Gasteiger partial charge in [-0.2, -0.15) is 5.26 Å². The van der Waals surface area contributed by atoms with Gasteiger partial charge in [-0.1, -0.05) is 29.3 Å². The molecule has 0 spiro atoms. The lowest BCUT2D eigenvalue weighted by Gasteiger charge is -2.21. The van der Waals surface area contributed by atoms with Crippen LogP contribution in [0.1, 0.15) is 27.0 Å². The number of carbonyl (C=O) groups excluding carboxylic acids is 2. The second-order valence-corrected chi connectivity index (χ2v) is 10.5. The standard InChI is InChI=1S/C28H26BrCl2FN4O5/c29-22-3-1-17(26(32)27(22)41-19-12-16(15-33)11-18(30)14-19)13-24(39)35-23-4-2-21(28(34)40)20(25(23)31)5-6-36(7-9-37)8-10-38/h1-4,11-12,14,37-38H,5-10,13H2,(H2,34,40)(H,35,39). The third-order valence-corrected chi connectivity index (χ3v) is 7.27. The van der Waals surface area contributed by atoms with Gasteiger partial charge >= 0.3 is 0 Å². The molecule has 0 unspecified atom stereocenters. The van der Waals surface area contributed by atoms with E-state index in [-0.39, 0.29) is 74.5 Å². The third kappa shape index (κ3) is 8.63. The number of amides is 2. The molecule has 9 nitrogen and oxygen atoms in total. The van der Waals surface area contributed by atoms with Crippen LogP contribution in [0, 0.1) is 17.1 Å². The molecule has 0 aliphatic carbocycles. The maximum Gasteiger partial charge on any atom is 0.249 e. The minimum absolute atomic E-state index is 0.0250. The van der Waals surface area contributed by atoms with Crippen molar-refractivity contribution in [2.24, 2.45) is 5.73 Å². The summed E-state index contributed by atoms with van der Waals surface area (Å²) in [5, 5.41) is 30.6. The zero-order chi connectivity index (χ0) is 30.1. The van der Waals surface area contributed by atoms with Crippen LogP contribution >= 0.6 is 39.1 Å². The Hall–Kier alpha value is -3.24. The van der Waals surface area contributed by atoms with Gasteiger partial charge in [0.2, 0.25) is 11.8 Å². The highest BCUT2D eigenvalue weighted by molar-refractivity contribution is 9.10. The fraction of sp³-hybridized carbons (Fsp3) is 0.250. The molecule has 2 amide bonds. The number of benzene rings is 3. The minimum atomic E-state index is -0.795. The Morgan fingerprint density at radius 2 is 1.80 bits per heavy atom. The van der Waals surface area contributed by atoms with E-state index in [9.17, 15) is 19.8 Å². The summed E-state index contributed by atoms with van der Waals surface area (Å²) < 4.78 is 21.4. The van der Waals surface area contributed by atoms with E-state index >= 15 is 4.39 Å². The van der Waals surface area contributed by atoms with E-state index < -0.39 is 17.6 Å². The average Bonchev–Trinajstić information content (AvgIpc) is 2.92.